The molecule has 2 aromatic rings. The maximum atomic E-state index is 15.3. The zero-order chi connectivity index (χ0) is 20.4. The van der Waals surface area contributed by atoms with Gasteiger partial charge in [0.25, 0.3) is 0 Å². The van der Waals surface area contributed by atoms with Crippen molar-refractivity contribution in [3.8, 4) is 5.75 Å². The number of carboxylic acids is 1. The molecule has 154 valence electrons. The fourth-order valence-electron chi connectivity index (χ4n) is 4.72. The highest BCUT2D eigenvalue weighted by Gasteiger charge is 2.37. The van der Waals surface area contributed by atoms with Gasteiger partial charge in [0.05, 0.1) is 16.9 Å². The second-order valence-electron chi connectivity index (χ2n) is 8.46. The molecule has 0 spiro atoms. The van der Waals surface area contributed by atoms with Crippen LogP contribution in [-0.2, 0) is 0 Å². The van der Waals surface area contributed by atoms with Crippen LogP contribution in [0.25, 0.3) is 10.9 Å². The summed E-state index contributed by atoms with van der Waals surface area (Å²) in [5, 5.41) is 9.45. The lowest BCUT2D eigenvalue weighted by Gasteiger charge is -2.31. The lowest BCUT2D eigenvalue weighted by atomic mass is 10.1. The van der Waals surface area contributed by atoms with E-state index in [4.69, 9.17) is 4.74 Å². The first-order chi connectivity index (χ1) is 13.9. The number of likely N-dealkylation sites (N-methyl/N-ethyl adjacent to an activating group) is 1. The smallest absolute Gasteiger partial charge is 0.341 e. The predicted octanol–water partition coefficient (Wildman–Crippen LogP) is 2.47. The molecule has 29 heavy (non-hydrogen) atoms. The minimum Gasteiger partial charge on any atom is -0.487 e. The second kappa shape index (κ2) is 6.45. The molecular weight excluding hydrogens is 377 g/mol. The maximum absolute atomic E-state index is 15.3. The number of hydrogen-bond acceptors (Lipinski definition) is 5. The number of rotatable bonds is 4. The van der Waals surface area contributed by atoms with Gasteiger partial charge in [-0.2, -0.15) is 0 Å². The quantitative estimate of drug-likeness (QED) is 0.848. The third-order valence-corrected chi connectivity index (χ3v) is 6.55. The summed E-state index contributed by atoms with van der Waals surface area (Å²) in [4.78, 5) is 28.6. The van der Waals surface area contributed by atoms with Gasteiger partial charge in [0.2, 0.25) is 5.43 Å². The van der Waals surface area contributed by atoms with E-state index in [1.807, 2.05) is 11.8 Å². The van der Waals surface area contributed by atoms with Gasteiger partial charge in [0.15, 0.2) is 11.6 Å². The van der Waals surface area contributed by atoms with Crippen LogP contribution >= 0.6 is 0 Å². The molecule has 1 saturated heterocycles. The number of anilines is 1. The molecule has 1 unspecified atom stereocenters. The van der Waals surface area contributed by atoms with Crippen molar-refractivity contribution in [3.63, 3.8) is 0 Å². The van der Waals surface area contributed by atoms with Gasteiger partial charge in [-0.05, 0) is 39.3 Å². The lowest BCUT2D eigenvalue weighted by molar-refractivity contribution is 0.0694. The Balaban J connectivity index is 1.65. The van der Waals surface area contributed by atoms with Crippen molar-refractivity contribution in [2.24, 2.45) is 0 Å². The molecule has 5 rings (SSSR count). The van der Waals surface area contributed by atoms with Gasteiger partial charge in [0.1, 0.15) is 17.9 Å². The Bertz CT molecular complexity index is 1080. The maximum Gasteiger partial charge on any atom is 0.341 e. The molecule has 2 aliphatic heterocycles. The van der Waals surface area contributed by atoms with Gasteiger partial charge in [0, 0.05) is 31.4 Å². The lowest BCUT2D eigenvalue weighted by Crippen LogP contribution is -2.36. The van der Waals surface area contributed by atoms with E-state index < -0.39 is 17.2 Å². The van der Waals surface area contributed by atoms with Gasteiger partial charge >= 0.3 is 5.97 Å². The Labute approximate surface area is 167 Å². The summed E-state index contributed by atoms with van der Waals surface area (Å²) in [7, 11) is 2.13. The summed E-state index contributed by atoms with van der Waals surface area (Å²) in [6.45, 7) is 3.60. The van der Waals surface area contributed by atoms with Crippen LogP contribution in [0.2, 0.25) is 0 Å². The van der Waals surface area contributed by atoms with Crippen molar-refractivity contribution in [1.82, 2.24) is 9.47 Å². The highest BCUT2D eigenvalue weighted by atomic mass is 19.1. The number of benzene rings is 1. The van der Waals surface area contributed by atoms with Crippen LogP contribution in [0, 0.1) is 5.82 Å². The van der Waals surface area contributed by atoms with E-state index in [0.29, 0.717) is 48.7 Å². The molecular formula is C21H24FN3O4. The summed E-state index contributed by atoms with van der Waals surface area (Å²) < 4.78 is 22.9. The van der Waals surface area contributed by atoms with Crippen molar-refractivity contribution in [1.29, 1.82) is 0 Å². The molecule has 1 N–H and O–H groups in total. The number of carbonyl (C=O) groups is 1. The fraction of sp³-hybridized carbons (Fsp3) is 0.524. The van der Waals surface area contributed by atoms with E-state index in [9.17, 15) is 14.7 Å². The van der Waals surface area contributed by atoms with E-state index in [1.165, 1.54) is 25.1 Å². The van der Waals surface area contributed by atoms with E-state index in [-0.39, 0.29) is 17.0 Å². The Morgan fingerprint density at radius 1 is 1.31 bits per heavy atom. The molecule has 1 aromatic carbocycles. The molecule has 8 heteroatoms. The van der Waals surface area contributed by atoms with Gasteiger partial charge in [-0.3, -0.25) is 9.69 Å². The Morgan fingerprint density at radius 3 is 2.76 bits per heavy atom. The first-order valence-corrected chi connectivity index (χ1v) is 10.1. The zero-order valence-corrected chi connectivity index (χ0v) is 16.5. The van der Waals surface area contributed by atoms with Gasteiger partial charge in [-0.1, -0.05) is 0 Å². The van der Waals surface area contributed by atoms with Gasteiger partial charge in [-0.15, -0.1) is 0 Å². The largest absolute Gasteiger partial charge is 0.487 e. The van der Waals surface area contributed by atoms with Crippen LogP contribution in [0.15, 0.2) is 17.1 Å². The van der Waals surface area contributed by atoms with Crippen LogP contribution in [0.3, 0.4) is 0 Å². The Hall–Kier alpha value is -2.61. The third kappa shape index (κ3) is 2.80. The van der Waals surface area contributed by atoms with Crippen molar-refractivity contribution in [3.05, 3.63) is 33.9 Å². The van der Waals surface area contributed by atoms with E-state index in [1.54, 1.807) is 4.57 Å². The molecule has 3 heterocycles. The first-order valence-electron chi connectivity index (χ1n) is 10.1. The Kier molecular flexibility index (Phi) is 4.10. The van der Waals surface area contributed by atoms with E-state index in [0.717, 1.165) is 6.42 Å². The minimum atomic E-state index is -1.31. The van der Waals surface area contributed by atoms with Crippen molar-refractivity contribution in [2.45, 2.75) is 44.3 Å². The van der Waals surface area contributed by atoms with Gasteiger partial charge in [-0.25, -0.2) is 9.18 Å². The Morgan fingerprint density at radius 2 is 2.07 bits per heavy atom. The summed E-state index contributed by atoms with van der Waals surface area (Å²) in [6.07, 6.45) is 4.76. The number of pyridine rings is 1. The SMILES string of the molecule is C[C@H]1COc2c(N3CCC(N(C)C4CC4)C3)c(F)cc3c(=O)c(C(=O)O)cn1c23. The highest BCUT2D eigenvalue weighted by Crippen LogP contribution is 2.43. The van der Waals surface area contributed by atoms with Crippen molar-refractivity contribution in [2.75, 3.05) is 31.6 Å². The summed E-state index contributed by atoms with van der Waals surface area (Å²) in [6, 6.07) is 2.02. The van der Waals surface area contributed by atoms with Crippen LogP contribution < -0.4 is 15.1 Å². The van der Waals surface area contributed by atoms with Gasteiger partial charge < -0.3 is 19.3 Å². The van der Waals surface area contributed by atoms with Crippen LogP contribution in [0.5, 0.6) is 5.75 Å². The summed E-state index contributed by atoms with van der Waals surface area (Å²) >= 11 is 0. The normalized spacial score (nSPS) is 23.7. The summed E-state index contributed by atoms with van der Waals surface area (Å²) in [5.41, 5.74) is -0.168. The molecule has 2 fully saturated rings. The average Bonchev–Trinajstić information content (AvgIpc) is 3.42. The van der Waals surface area contributed by atoms with Crippen molar-refractivity contribution < 1.29 is 19.0 Å². The molecule has 0 radical (unpaired) electrons. The molecule has 2 atom stereocenters. The monoisotopic (exact) mass is 401 g/mol. The average molecular weight is 401 g/mol. The molecule has 1 aromatic heterocycles. The molecule has 1 aliphatic carbocycles. The molecule has 7 nitrogen and oxygen atoms in total. The summed E-state index contributed by atoms with van der Waals surface area (Å²) in [5.74, 6) is -1.50. The predicted molar refractivity (Wildman–Crippen MR) is 107 cm³/mol. The number of aromatic nitrogens is 1. The van der Waals surface area contributed by atoms with Crippen LogP contribution in [0.1, 0.15) is 42.6 Å². The number of halogens is 1. The van der Waals surface area contributed by atoms with Crippen LogP contribution in [-0.4, -0.2) is 59.4 Å². The standard InChI is InChI=1S/C21H24FN3O4/c1-11-10-29-20-17-14(19(26)15(21(27)28)9-25(11)17)7-16(22)18(20)24-6-5-13(8-24)23(2)12-3-4-12/h7,9,11-13H,3-6,8,10H2,1-2H3,(H,27,28)/t11-,13?/m0/s1. The second-order valence-corrected chi connectivity index (χ2v) is 8.46. The first kappa shape index (κ1) is 18.4. The molecule has 0 bridgehead atoms. The number of hydrogen-bond donors (Lipinski definition) is 1. The topological polar surface area (TPSA) is 75.0 Å². The number of nitrogens with zero attached hydrogens (tertiary/aromatic N) is 3. The van der Waals surface area contributed by atoms with Crippen LogP contribution in [0.4, 0.5) is 10.1 Å². The zero-order valence-electron chi connectivity index (χ0n) is 16.5. The molecule has 0 amide bonds. The van der Waals surface area contributed by atoms with E-state index in [2.05, 4.69) is 11.9 Å². The van der Waals surface area contributed by atoms with Crippen molar-refractivity contribution >= 4 is 22.6 Å². The number of aromatic carboxylic acids is 1. The highest BCUT2D eigenvalue weighted by molar-refractivity contribution is 5.97. The fourth-order valence-corrected chi connectivity index (χ4v) is 4.72. The number of carboxylic acid groups (broad SMARTS) is 1. The number of ether oxygens (including phenoxy) is 1. The minimum absolute atomic E-state index is 0.0542. The van der Waals surface area contributed by atoms with E-state index >= 15 is 4.39 Å². The molecule has 3 aliphatic rings. The third-order valence-electron chi connectivity index (χ3n) is 6.55. The molecule has 1 saturated carbocycles.